The lowest BCUT2D eigenvalue weighted by Gasteiger charge is -2.17. The van der Waals surface area contributed by atoms with Crippen molar-refractivity contribution in [2.75, 3.05) is 12.1 Å². The van der Waals surface area contributed by atoms with Crippen LogP contribution in [0.3, 0.4) is 0 Å². The molecule has 2 N–H and O–H groups in total. The molecular formula is C26H18FN3O4. The quantitative estimate of drug-likeness (QED) is 0.427. The number of pyridine rings is 1. The summed E-state index contributed by atoms with van der Waals surface area (Å²) in [5.41, 5.74) is 3.73. The number of ether oxygens (including phenoxy) is 2. The first-order chi connectivity index (χ1) is 16.4. The highest BCUT2D eigenvalue weighted by Gasteiger charge is 2.21. The first-order valence-electron chi connectivity index (χ1n) is 10.5. The molecule has 8 heteroatoms. The number of anilines is 1. The molecule has 7 nitrogen and oxygen atoms in total. The molecule has 0 aliphatic carbocycles. The maximum atomic E-state index is 14.0. The molecule has 0 spiro atoms. The van der Waals surface area contributed by atoms with Crippen LogP contribution in [0, 0.1) is 17.1 Å². The Labute approximate surface area is 194 Å². The highest BCUT2D eigenvalue weighted by Crippen LogP contribution is 2.38. The van der Waals surface area contributed by atoms with E-state index in [9.17, 15) is 19.6 Å². The van der Waals surface area contributed by atoms with Crippen molar-refractivity contribution in [3.8, 4) is 40.0 Å². The summed E-state index contributed by atoms with van der Waals surface area (Å²) in [5, 5.41) is 22.5. The van der Waals surface area contributed by atoms with E-state index in [1.54, 1.807) is 0 Å². The highest BCUT2D eigenvalue weighted by molar-refractivity contribution is 5.99. The SMILES string of the molecule is CC(Nc1c(C#N)c(-c2ccc(-c3ccc4c(c3)OCO4)cc2)nc2ccc(F)cc12)C(=O)O. The monoisotopic (exact) mass is 455 g/mol. The fourth-order valence-electron chi connectivity index (χ4n) is 3.88. The lowest BCUT2D eigenvalue weighted by Crippen LogP contribution is -2.26. The number of aliphatic carboxylic acids is 1. The van der Waals surface area contributed by atoms with E-state index in [0.29, 0.717) is 33.7 Å². The topological polar surface area (TPSA) is 104 Å². The van der Waals surface area contributed by atoms with Gasteiger partial charge < -0.3 is 19.9 Å². The van der Waals surface area contributed by atoms with Gasteiger partial charge in [-0.15, -0.1) is 0 Å². The first-order valence-corrected chi connectivity index (χ1v) is 10.5. The summed E-state index contributed by atoms with van der Waals surface area (Å²) in [6, 6.07) is 18.3. The molecule has 0 saturated carbocycles. The highest BCUT2D eigenvalue weighted by atomic mass is 19.1. The minimum atomic E-state index is -1.10. The van der Waals surface area contributed by atoms with Crippen LogP contribution in [0.15, 0.2) is 60.7 Å². The average molecular weight is 455 g/mol. The van der Waals surface area contributed by atoms with Crippen molar-refractivity contribution in [2.45, 2.75) is 13.0 Å². The van der Waals surface area contributed by atoms with Crippen molar-refractivity contribution in [3.05, 3.63) is 72.0 Å². The van der Waals surface area contributed by atoms with E-state index in [2.05, 4.69) is 16.4 Å². The van der Waals surface area contributed by atoms with Gasteiger partial charge in [0.15, 0.2) is 11.5 Å². The fraction of sp³-hybridized carbons (Fsp3) is 0.115. The molecule has 0 bridgehead atoms. The Morgan fingerprint density at radius 3 is 2.50 bits per heavy atom. The summed E-state index contributed by atoms with van der Waals surface area (Å²) in [5.74, 6) is -0.226. The predicted molar refractivity (Wildman–Crippen MR) is 124 cm³/mol. The van der Waals surface area contributed by atoms with Gasteiger partial charge in [0.25, 0.3) is 0 Å². The number of carboxylic acids is 1. The van der Waals surface area contributed by atoms with Crippen molar-refractivity contribution in [3.63, 3.8) is 0 Å². The van der Waals surface area contributed by atoms with Crippen molar-refractivity contribution in [2.24, 2.45) is 0 Å². The molecule has 0 radical (unpaired) electrons. The second-order valence-electron chi connectivity index (χ2n) is 7.83. The zero-order valence-corrected chi connectivity index (χ0v) is 18.0. The van der Waals surface area contributed by atoms with Gasteiger partial charge in [-0.1, -0.05) is 30.3 Å². The number of fused-ring (bicyclic) bond motifs is 2. The van der Waals surface area contributed by atoms with Gasteiger partial charge in [0.2, 0.25) is 6.79 Å². The van der Waals surface area contributed by atoms with Crippen LogP contribution in [0.5, 0.6) is 11.5 Å². The molecule has 0 saturated heterocycles. The standard InChI is InChI=1S/C26H18FN3O4/c1-14(26(31)32)29-25-19-11-18(27)7-8-21(19)30-24(20(25)12-28)16-4-2-15(3-5-16)17-6-9-22-23(10-17)34-13-33-22/h2-11,14H,13H2,1H3,(H,29,30)(H,31,32). The van der Waals surface area contributed by atoms with E-state index < -0.39 is 17.8 Å². The molecule has 3 aromatic carbocycles. The number of benzene rings is 3. The number of carbonyl (C=O) groups is 1. The van der Waals surface area contributed by atoms with Gasteiger partial charge in [-0.3, -0.25) is 4.79 Å². The van der Waals surface area contributed by atoms with Gasteiger partial charge >= 0.3 is 5.97 Å². The predicted octanol–water partition coefficient (Wildman–Crippen LogP) is 5.19. The minimum absolute atomic E-state index is 0.141. The van der Waals surface area contributed by atoms with Gasteiger partial charge in [-0.05, 0) is 48.4 Å². The Morgan fingerprint density at radius 1 is 1.06 bits per heavy atom. The molecule has 34 heavy (non-hydrogen) atoms. The van der Waals surface area contributed by atoms with E-state index in [1.165, 1.54) is 25.1 Å². The minimum Gasteiger partial charge on any atom is -0.480 e. The van der Waals surface area contributed by atoms with Crippen LogP contribution in [-0.4, -0.2) is 28.9 Å². The van der Waals surface area contributed by atoms with Crippen LogP contribution in [0.2, 0.25) is 0 Å². The number of hydrogen-bond acceptors (Lipinski definition) is 6. The molecule has 0 amide bonds. The maximum absolute atomic E-state index is 14.0. The van der Waals surface area contributed by atoms with Crippen LogP contribution in [0.1, 0.15) is 12.5 Å². The van der Waals surface area contributed by atoms with Crippen molar-refractivity contribution in [1.82, 2.24) is 4.98 Å². The average Bonchev–Trinajstić information content (AvgIpc) is 3.32. The second-order valence-corrected chi connectivity index (χ2v) is 7.83. The molecular weight excluding hydrogens is 437 g/mol. The molecule has 168 valence electrons. The van der Waals surface area contributed by atoms with Gasteiger partial charge in [-0.2, -0.15) is 5.26 Å². The van der Waals surface area contributed by atoms with Crippen molar-refractivity contribution in [1.29, 1.82) is 5.26 Å². The Balaban J connectivity index is 1.61. The van der Waals surface area contributed by atoms with E-state index >= 15 is 0 Å². The lowest BCUT2D eigenvalue weighted by molar-refractivity contribution is -0.137. The second kappa shape index (κ2) is 8.37. The molecule has 1 atom stereocenters. The van der Waals surface area contributed by atoms with Gasteiger partial charge in [0.1, 0.15) is 23.5 Å². The zero-order chi connectivity index (χ0) is 23.8. The summed E-state index contributed by atoms with van der Waals surface area (Å²) in [7, 11) is 0. The Bertz CT molecular complexity index is 1480. The van der Waals surface area contributed by atoms with E-state index in [0.717, 1.165) is 11.1 Å². The molecule has 5 rings (SSSR count). The normalized spacial score (nSPS) is 12.9. The molecule has 4 aromatic rings. The van der Waals surface area contributed by atoms with Crippen LogP contribution < -0.4 is 14.8 Å². The van der Waals surface area contributed by atoms with Crippen LogP contribution in [-0.2, 0) is 4.79 Å². The Hall–Kier alpha value is -4.64. The first kappa shape index (κ1) is 21.2. The summed E-state index contributed by atoms with van der Waals surface area (Å²) in [4.78, 5) is 16.1. The summed E-state index contributed by atoms with van der Waals surface area (Å²) in [6.45, 7) is 1.65. The number of aromatic nitrogens is 1. The van der Waals surface area contributed by atoms with E-state index in [4.69, 9.17) is 9.47 Å². The van der Waals surface area contributed by atoms with Crippen molar-refractivity contribution >= 4 is 22.6 Å². The number of nitrogens with one attached hydrogen (secondary N) is 1. The largest absolute Gasteiger partial charge is 0.480 e. The summed E-state index contributed by atoms with van der Waals surface area (Å²) in [6.07, 6.45) is 0. The Morgan fingerprint density at radius 2 is 1.76 bits per heavy atom. The molecule has 2 heterocycles. The maximum Gasteiger partial charge on any atom is 0.325 e. The number of carboxylic acid groups (broad SMARTS) is 1. The number of hydrogen-bond donors (Lipinski definition) is 2. The number of nitrogens with zero attached hydrogens (tertiary/aromatic N) is 2. The van der Waals surface area contributed by atoms with E-state index in [-0.39, 0.29) is 18.0 Å². The number of rotatable bonds is 5. The summed E-state index contributed by atoms with van der Waals surface area (Å²) >= 11 is 0. The molecule has 1 aromatic heterocycles. The van der Waals surface area contributed by atoms with Crippen molar-refractivity contribution < 1.29 is 23.8 Å². The van der Waals surface area contributed by atoms with Gasteiger partial charge in [0.05, 0.1) is 16.9 Å². The lowest BCUT2D eigenvalue weighted by atomic mass is 9.98. The van der Waals surface area contributed by atoms with Crippen LogP contribution >= 0.6 is 0 Å². The molecule has 1 aliphatic rings. The third-order valence-electron chi connectivity index (χ3n) is 5.65. The van der Waals surface area contributed by atoms with Crippen LogP contribution in [0.4, 0.5) is 10.1 Å². The van der Waals surface area contributed by atoms with Gasteiger partial charge in [-0.25, -0.2) is 9.37 Å². The number of halogens is 1. The van der Waals surface area contributed by atoms with Gasteiger partial charge in [0, 0.05) is 10.9 Å². The fourth-order valence-corrected chi connectivity index (χ4v) is 3.88. The Kier molecular flexibility index (Phi) is 5.22. The van der Waals surface area contributed by atoms with Crippen LogP contribution in [0.25, 0.3) is 33.3 Å². The molecule has 1 unspecified atom stereocenters. The smallest absolute Gasteiger partial charge is 0.325 e. The van der Waals surface area contributed by atoms with E-state index in [1.807, 2.05) is 42.5 Å². The molecule has 0 fully saturated rings. The zero-order valence-electron chi connectivity index (χ0n) is 18.0. The number of nitriles is 1. The third-order valence-corrected chi connectivity index (χ3v) is 5.65. The summed E-state index contributed by atoms with van der Waals surface area (Å²) < 4.78 is 24.8. The molecule has 1 aliphatic heterocycles. The third kappa shape index (κ3) is 3.73.